The number of esters is 1. The molecule has 0 radical (unpaired) electrons. The number of ether oxygens (including phenoxy) is 1. The third kappa shape index (κ3) is 6.96. The highest BCUT2D eigenvalue weighted by Crippen LogP contribution is 2.19. The van der Waals surface area contributed by atoms with Gasteiger partial charge in [0.25, 0.3) is 5.91 Å². The lowest BCUT2D eigenvalue weighted by molar-refractivity contribution is -0.119. The van der Waals surface area contributed by atoms with Gasteiger partial charge in [-0.3, -0.25) is 9.52 Å². The fourth-order valence-electron chi connectivity index (χ4n) is 3.41. The zero-order valence-electron chi connectivity index (χ0n) is 18.2. The van der Waals surface area contributed by atoms with Gasteiger partial charge in [-0.15, -0.1) is 0 Å². The molecule has 1 aliphatic heterocycles. The van der Waals surface area contributed by atoms with Crippen molar-refractivity contribution in [3.05, 3.63) is 54.1 Å². The van der Waals surface area contributed by atoms with Crippen molar-refractivity contribution in [1.29, 1.82) is 0 Å². The molecule has 0 aromatic heterocycles. The van der Waals surface area contributed by atoms with Gasteiger partial charge >= 0.3 is 5.97 Å². The van der Waals surface area contributed by atoms with Crippen LogP contribution in [0, 0.1) is 0 Å². The topological polar surface area (TPSA) is 108 Å². The molecule has 0 bridgehead atoms. The van der Waals surface area contributed by atoms with Gasteiger partial charge in [0.15, 0.2) is 6.61 Å². The van der Waals surface area contributed by atoms with Crippen molar-refractivity contribution in [3.63, 3.8) is 0 Å². The van der Waals surface area contributed by atoms with E-state index in [4.69, 9.17) is 4.74 Å². The maximum absolute atomic E-state index is 12.2. The largest absolute Gasteiger partial charge is 0.452 e. The van der Waals surface area contributed by atoms with E-state index in [9.17, 15) is 18.0 Å². The van der Waals surface area contributed by atoms with Gasteiger partial charge in [0.1, 0.15) is 0 Å². The molecule has 1 saturated heterocycles. The molecule has 1 amide bonds. The SMILES string of the molecule is CCN1CCN(c2ccc(NC(=O)COC(=O)c3cccc(NS(C)(=O)=O)c3)cc2)CC1. The predicted molar refractivity (Wildman–Crippen MR) is 125 cm³/mol. The van der Waals surface area contributed by atoms with Gasteiger partial charge in [-0.25, -0.2) is 13.2 Å². The van der Waals surface area contributed by atoms with E-state index >= 15 is 0 Å². The molecular weight excluding hydrogens is 432 g/mol. The number of hydrogen-bond donors (Lipinski definition) is 2. The van der Waals surface area contributed by atoms with E-state index in [1.54, 1.807) is 0 Å². The molecule has 0 atom stereocenters. The third-order valence-corrected chi connectivity index (χ3v) is 5.68. The number of amides is 1. The van der Waals surface area contributed by atoms with Crippen molar-refractivity contribution < 1.29 is 22.7 Å². The molecule has 0 unspecified atom stereocenters. The smallest absolute Gasteiger partial charge is 0.338 e. The number of benzene rings is 2. The minimum absolute atomic E-state index is 0.138. The minimum Gasteiger partial charge on any atom is -0.452 e. The molecule has 32 heavy (non-hydrogen) atoms. The maximum Gasteiger partial charge on any atom is 0.338 e. The summed E-state index contributed by atoms with van der Waals surface area (Å²) in [5.41, 5.74) is 2.09. The van der Waals surface area contributed by atoms with Crippen molar-refractivity contribution in [3.8, 4) is 0 Å². The van der Waals surface area contributed by atoms with E-state index in [-0.39, 0.29) is 11.3 Å². The van der Waals surface area contributed by atoms with E-state index in [0.717, 1.165) is 44.7 Å². The Morgan fingerprint density at radius 2 is 1.69 bits per heavy atom. The molecule has 172 valence electrons. The first-order valence-corrected chi connectivity index (χ1v) is 12.2. The Morgan fingerprint density at radius 1 is 1.00 bits per heavy atom. The number of carbonyl (C=O) groups is 2. The summed E-state index contributed by atoms with van der Waals surface area (Å²) in [6, 6.07) is 13.4. The van der Waals surface area contributed by atoms with Gasteiger partial charge < -0.3 is 19.9 Å². The predicted octanol–water partition coefficient (Wildman–Crippen LogP) is 2.00. The second kappa shape index (κ2) is 10.5. The number of piperazine rings is 1. The van der Waals surface area contributed by atoms with Crippen molar-refractivity contribution >= 4 is 39.0 Å². The Labute approximate surface area is 188 Å². The molecule has 0 aliphatic carbocycles. The van der Waals surface area contributed by atoms with E-state index in [1.165, 1.54) is 24.3 Å². The number of carbonyl (C=O) groups excluding carboxylic acids is 2. The van der Waals surface area contributed by atoms with Crippen LogP contribution in [0.25, 0.3) is 0 Å². The molecule has 1 heterocycles. The van der Waals surface area contributed by atoms with Gasteiger partial charge in [-0.1, -0.05) is 13.0 Å². The summed E-state index contributed by atoms with van der Waals surface area (Å²) in [6.07, 6.45) is 1.02. The highest BCUT2D eigenvalue weighted by atomic mass is 32.2. The van der Waals surface area contributed by atoms with Crippen LogP contribution in [-0.2, 0) is 19.6 Å². The van der Waals surface area contributed by atoms with Gasteiger partial charge in [0, 0.05) is 43.2 Å². The summed E-state index contributed by atoms with van der Waals surface area (Å²) >= 11 is 0. The van der Waals surface area contributed by atoms with Crippen LogP contribution in [0.3, 0.4) is 0 Å². The van der Waals surface area contributed by atoms with Crippen LogP contribution < -0.4 is 14.9 Å². The van der Waals surface area contributed by atoms with Crippen LogP contribution in [0.15, 0.2) is 48.5 Å². The lowest BCUT2D eigenvalue weighted by Gasteiger charge is -2.35. The number of sulfonamides is 1. The number of rotatable bonds is 8. The zero-order valence-corrected chi connectivity index (χ0v) is 19.0. The third-order valence-electron chi connectivity index (χ3n) is 5.07. The molecule has 0 saturated carbocycles. The molecule has 0 spiro atoms. The molecule has 2 aromatic carbocycles. The first kappa shape index (κ1) is 23.6. The van der Waals surface area contributed by atoms with Crippen molar-refractivity contribution in [2.75, 3.05) is 60.5 Å². The number of anilines is 3. The van der Waals surface area contributed by atoms with Crippen molar-refractivity contribution in [2.45, 2.75) is 6.92 Å². The quantitative estimate of drug-likeness (QED) is 0.580. The lowest BCUT2D eigenvalue weighted by Crippen LogP contribution is -2.46. The Kier molecular flexibility index (Phi) is 7.70. The second-order valence-electron chi connectivity index (χ2n) is 7.55. The molecule has 2 aromatic rings. The van der Waals surface area contributed by atoms with Crippen LogP contribution in [0.1, 0.15) is 17.3 Å². The average Bonchev–Trinajstić information content (AvgIpc) is 2.77. The normalized spacial score (nSPS) is 14.6. The fourth-order valence-corrected chi connectivity index (χ4v) is 3.97. The lowest BCUT2D eigenvalue weighted by atomic mass is 10.2. The molecular formula is C22H28N4O5S. The van der Waals surface area contributed by atoms with E-state index in [1.807, 2.05) is 24.3 Å². The van der Waals surface area contributed by atoms with Crippen LogP contribution in [-0.4, -0.2) is 70.8 Å². The molecule has 1 aliphatic rings. The minimum atomic E-state index is -3.47. The van der Waals surface area contributed by atoms with Crippen LogP contribution in [0.4, 0.5) is 17.1 Å². The Balaban J connectivity index is 1.48. The Morgan fingerprint density at radius 3 is 2.31 bits per heavy atom. The zero-order chi connectivity index (χ0) is 23.1. The van der Waals surface area contributed by atoms with Gasteiger partial charge in [0.05, 0.1) is 11.8 Å². The van der Waals surface area contributed by atoms with Gasteiger partial charge in [0.2, 0.25) is 10.0 Å². The van der Waals surface area contributed by atoms with E-state index < -0.39 is 28.5 Å². The number of nitrogens with zero attached hydrogens (tertiary/aromatic N) is 2. The summed E-state index contributed by atoms with van der Waals surface area (Å²) in [5.74, 6) is -1.19. The Hall–Kier alpha value is -3.11. The van der Waals surface area contributed by atoms with Crippen LogP contribution >= 0.6 is 0 Å². The fraction of sp³-hybridized carbons (Fsp3) is 0.364. The summed E-state index contributed by atoms with van der Waals surface area (Å²) in [4.78, 5) is 29.1. The molecule has 2 N–H and O–H groups in total. The van der Waals surface area contributed by atoms with E-state index in [0.29, 0.717) is 5.69 Å². The summed E-state index contributed by atoms with van der Waals surface area (Å²) in [7, 11) is -3.47. The average molecular weight is 461 g/mol. The summed E-state index contributed by atoms with van der Waals surface area (Å²) in [5, 5.41) is 2.70. The Bertz CT molecular complexity index is 1050. The van der Waals surface area contributed by atoms with Crippen LogP contribution in [0.2, 0.25) is 0 Å². The molecule has 1 fully saturated rings. The molecule has 10 heteroatoms. The second-order valence-corrected chi connectivity index (χ2v) is 9.30. The molecule has 9 nitrogen and oxygen atoms in total. The summed E-state index contributed by atoms with van der Waals surface area (Å²) < 4.78 is 30.0. The standard InChI is InChI=1S/C22H28N4O5S/c1-3-25-11-13-26(14-12-25)20-9-7-18(8-10-20)23-21(27)16-31-22(28)17-5-4-6-19(15-17)24-32(2,29)30/h4-10,15,24H,3,11-14,16H2,1-2H3,(H,23,27). The van der Waals surface area contributed by atoms with E-state index in [2.05, 4.69) is 26.8 Å². The highest BCUT2D eigenvalue weighted by Gasteiger charge is 2.16. The molecule has 3 rings (SSSR count). The number of hydrogen-bond acceptors (Lipinski definition) is 7. The first-order chi connectivity index (χ1) is 15.2. The highest BCUT2D eigenvalue weighted by molar-refractivity contribution is 7.92. The first-order valence-electron chi connectivity index (χ1n) is 10.4. The van der Waals surface area contributed by atoms with Crippen molar-refractivity contribution in [1.82, 2.24) is 4.90 Å². The van der Waals surface area contributed by atoms with Gasteiger partial charge in [-0.2, -0.15) is 0 Å². The monoisotopic (exact) mass is 460 g/mol. The number of nitrogens with one attached hydrogen (secondary N) is 2. The summed E-state index contributed by atoms with van der Waals surface area (Å²) in [6.45, 7) is 6.78. The number of likely N-dealkylation sites (N-methyl/N-ethyl adjacent to an activating group) is 1. The van der Waals surface area contributed by atoms with Gasteiger partial charge in [-0.05, 0) is 49.0 Å². The van der Waals surface area contributed by atoms with Crippen molar-refractivity contribution in [2.24, 2.45) is 0 Å². The van der Waals surface area contributed by atoms with Crippen LogP contribution in [0.5, 0.6) is 0 Å². The maximum atomic E-state index is 12.2.